The first-order valence-electron chi connectivity index (χ1n) is 6.20. The molecule has 1 heterocycles. The molecule has 0 unspecified atom stereocenters. The zero-order valence-corrected chi connectivity index (χ0v) is 11.5. The predicted octanol–water partition coefficient (Wildman–Crippen LogP) is 4.31. The first-order chi connectivity index (χ1) is 10.1. The number of nitro benzene ring substituents is 1. The maximum absolute atomic E-state index is 10.8. The standard InChI is InChI=1S/C15H10ClN3O2/c16-12-5-1-3-10(7-12)14-9-15(18-17-14)11-4-2-6-13(8-11)19(20)21/h1-9H,(H,17,18). The second kappa shape index (κ2) is 5.38. The molecular weight excluding hydrogens is 290 g/mol. The van der Waals surface area contributed by atoms with Crippen molar-refractivity contribution in [2.45, 2.75) is 0 Å². The molecule has 0 radical (unpaired) electrons. The molecule has 0 saturated heterocycles. The number of nitrogens with one attached hydrogen (secondary N) is 1. The van der Waals surface area contributed by atoms with Crippen LogP contribution in [0.15, 0.2) is 54.6 Å². The normalized spacial score (nSPS) is 10.5. The fourth-order valence-corrected chi connectivity index (χ4v) is 2.24. The van der Waals surface area contributed by atoms with Gasteiger partial charge in [-0.3, -0.25) is 15.2 Å². The van der Waals surface area contributed by atoms with Crippen LogP contribution in [0.3, 0.4) is 0 Å². The van der Waals surface area contributed by atoms with Crippen molar-refractivity contribution >= 4 is 17.3 Å². The van der Waals surface area contributed by atoms with Gasteiger partial charge in [0.2, 0.25) is 0 Å². The smallest absolute Gasteiger partial charge is 0.270 e. The Bertz CT molecular complexity index is 814. The van der Waals surface area contributed by atoms with Crippen LogP contribution < -0.4 is 0 Å². The van der Waals surface area contributed by atoms with Gasteiger partial charge in [-0.25, -0.2) is 0 Å². The van der Waals surface area contributed by atoms with Gasteiger partial charge < -0.3 is 0 Å². The van der Waals surface area contributed by atoms with Crippen LogP contribution in [-0.2, 0) is 0 Å². The van der Waals surface area contributed by atoms with E-state index in [0.29, 0.717) is 16.3 Å². The lowest BCUT2D eigenvalue weighted by Crippen LogP contribution is -1.88. The number of halogens is 1. The molecule has 0 amide bonds. The molecule has 21 heavy (non-hydrogen) atoms. The van der Waals surface area contributed by atoms with Crippen LogP contribution in [0.5, 0.6) is 0 Å². The van der Waals surface area contributed by atoms with Gasteiger partial charge in [0.15, 0.2) is 0 Å². The van der Waals surface area contributed by atoms with Crippen LogP contribution in [0.25, 0.3) is 22.5 Å². The number of non-ortho nitro benzene ring substituents is 1. The second-order valence-corrected chi connectivity index (χ2v) is 4.92. The molecule has 0 spiro atoms. The van der Waals surface area contributed by atoms with Crippen LogP contribution in [0.1, 0.15) is 0 Å². The summed E-state index contributed by atoms with van der Waals surface area (Å²) >= 11 is 5.96. The molecule has 6 heteroatoms. The molecule has 5 nitrogen and oxygen atoms in total. The lowest BCUT2D eigenvalue weighted by Gasteiger charge is -1.97. The third-order valence-corrected chi connectivity index (χ3v) is 3.30. The SMILES string of the molecule is O=[N+]([O-])c1cccc(-c2cc(-c3cccc(Cl)c3)n[nH]2)c1. The van der Waals surface area contributed by atoms with E-state index in [4.69, 9.17) is 11.6 Å². The number of hydrogen-bond acceptors (Lipinski definition) is 3. The Hall–Kier alpha value is -2.66. The van der Waals surface area contributed by atoms with Crippen LogP contribution in [-0.4, -0.2) is 15.1 Å². The number of benzene rings is 2. The summed E-state index contributed by atoms with van der Waals surface area (Å²) < 4.78 is 0. The zero-order chi connectivity index (χ0) is 14.8. The summed E-state index contributed by atoms with van der Waals surface area (Å²) in [5.41, 5.74) is 3.10. The number of nitrogens with zero attached hydrogens (tertiary/aromatic N) is 2. The number of aromatic amines is 1. The molecule has 0 fully saturated rings. The average Bonchev–Trinajstić information content (AvgIpc) is 2.97. The van der Waals surface area contributed by atoms with Crippen molar-refractivity contribution in [3.63, 3.8) is 0 Å². The van der Waals surface area contributed by atoms with Crippen LogP contribution in [0, 0.1) is 10.1 Å². The number of hydrogen-bond donors (Lipinski definition) is 1. The van der Waals surface area contributed by atoms with E-state index in [-0.39, 0.29) is 5.69 Å². The number of nitro groups is 1. The quantitative estimate of drug-likeness (QED) is 0.578. The van der Waals surface area contributed by atoms with Crippen LogP contribution >= 0.6 is 11.6 Å². The average molecular weight is 300 g/mol. The van der Waals surface area contributed by atoms with E-state index in [1.54, 1.807) is 18.2 Å². The van der Waals surface area contributed by atoms with Crippen molar-refractivity contribution < 1.29 is 4.92 Å². The molecule has 0 bridgehead atoms. The van der Waals surface area contributed by atoms with Gasteiger partial charge in [-0.05, 0) is 18.2 Å². The minimum Gasteiger partial charge on any atom is -0.277 e. The largest absolute Gasteiger partial charge is 0.277 e. The highest BCUT2D eigenvalue weighted by Crippen LogP contribution is 2.27. The van der Waals surface area contributed by atoms with Gasteiger partial charge in [0.05, 0.1) is 16.3 Å². The third-order valence-electron chi connectivity index (χ3n) is 3.07. The lowest BCUT2D eigenvalue weighted by atomic mass is 10.1. The Morgan fingerprint density at radius 3 is 2.57 bits per heavy atom. The maximum atomic E-state index is 10.8. The fraction of sp³-hybridized carbons (Fsp3) is 0. The second-order valence-electron chi connectivity index (χ2n) is 4.48. The van der Waals surface area contributed by atoms with Gasteiger partial charge in [-0.2, -0.15) is 5.10 Å². The van der Waals surface area contributed by atoms with E-state index < -0.39 is 4.92 Å². The summed E-state index contributed by atoms with van der Waals surface area (Å²) in [6.45, 7) is 0. The van der Waals surface area contributed by atoms with Gasteiger partial charge in [-0.1, -0.05) is 35.9 Å². The summed E-state index contributed by atoms with van der Waals surface area (Å²) in [4.78, 5) is 10.4. The zero-order valence-electron chi connectivity index (χ0n) is 10.8. The van der Waals surface area contributed by atoms with Crippen LogP contribution in [0.4, 0.5) is 5.69 Å². The molecule has 1 N–H and O–H groups in total. The third kappa shape index (κ3) is 2.78. The number of H-pyrrole nitrogens is 1. The summed E-state index contributed by atoms with van der Waals surface area (Å²) in [6.07, 6.45) is 0. The number of rotatable bonds is 3. The molecule has 104 valence electrons. The number of aromatic nitrogens is 2. The molecule has 3 rings (SSSR count). The molecule has 2 aromatic carbocycles. The molecule has 0 aliphatic rings. The minimum absolute atomic E-state index is 0.0476. The topological polar surface area (TPSA) is 71.8 Å². The highest BCUT2D eigenvalue weighted by atomic mass is 35.5. The first-order valence-corrected chi connectivity index (χ1v) is 6.57. The van der Waals surface area contributed by atoms with E-state index in [2.05, 4.69) is 10.2 Å². The van der Waals surface area contributed by atoms with E-state index >= 15 is 0 Å². The summed E-state index contributed by atoms with van der Waals surface area (Å²) in [5, 5.41) is 18.6. The summed E-state index contributed by atoms with van der Waals surface area (Å²) in [5.74, 6) is 0. The summed E-state index contributed by atoms with van der Waals surface area (Å²) in [7, 11) is 0. The van der Waals surface area contributed by atoms with E-state index in [1.165, 1.54) is 12.1 Å². The van der Waals surface area contributed by atoms with Crippen molar-refractivity contribution in [2.24, 2.45) is 0 Å². The molecule has 3 aromatic rings. The van der Waals surface area contributed by atoms with Gasteiger partial charge in [0.1, 0.15) is 0 Å². The van der Waals surface area contributed by atoms with E-state index in [9.17, 15) is 10.1 Å². The molecule has 0 aliphatic heterocycles. The highest BCUT2D eigenvalue weighted by Gasteiger charge is 2.10. The van der Waals surface area contributed by atoms with Crippen molar-refractivity contribution in [1.29, 1.82) is 0 Å². The predicted molar refractivity (Wildman–Crippen MR) is 81.1 cm³/mol. The van der Waals surface area contributed by atoms with Gasteiger partial charge in [0, 0.05) is 28.3 Å². The minimum atomic E-state index is -0.419. The Morgan fingerprint density at radius 2 is 1.81 bits per heavy atom. The van der Waals surface area contributed by atoms with Gasteiger partial charge >= 0.3 is 0 Å². The maximum Gasteiger partial charge on any atom is 0.270 e. The van der Waals surface area contributed by atoms with Gasteiger partial charge in [-0.15, -0.1) is 0 Å². The van der Waals surface area contributed by atoms with Crippen molar-refractivity contribution in [3.05, 3.63) is 69.7 Å². The molecule has 0 saturated carbocycles. The van der Waals surface area contributed by atoms with Crippen molar-refractivity contribution in [2.75, 3.05) is 0 Å². The molecule has 0 aliphatic carbocycles. The van der Waals surface area contributed by atoms with E-state index in [0.717, 1.165) is 11.3 Å². The molecule has 1 aromatic heterocycles. The Morgan fingerprint density at radius 1 is 1.05 bits per heavy atom. The fourth-order valence-electron chi connectivity index (χ4n) is 2.05. The van der Waals surface area contributed by atoms with E-state index in [1.807, 2.05) is 24.3 Å². The Labute approximate surface area is 125 Å². The lowest BCUT2D eigenvalue weighted by molar-refractivity contribution is -0.384. The molecular formula is C15H10ClN3O2. The van der Waals surface area contributed by atoms with Crippen LogP contribution in [0.2, 0.25) is 5.02 Å². The monoisotopic (exact) mass is 299 g/mol. The molecule has 0 atom stereocenters. The Balaban J connectivity index is 1.98. The highest BCUT2D eigenvalue weighted by molar-refractivity contribution is 6.30. The van der Waals surface area contributed by atoms with Gasteiger partial charge in [0.25, 0.3) is 5.69 Å². The first kappa shape index (κ1) is 13.3. The van der Waals surface area contributed by atoms with Crippen molar-refractivity contribution in [3.8, 4) is 22.5 Å². The summed E-state index contributed by atoms with van der Waals surface area (Å²) in [6, 6.07) is 15.6. The Kier molecular flexibility index (Phi) is 3.41. The van der Waals surface area contributed by atoms with Crippen molar-refractivity contribution in [1.82, 2.24) is 10.2 Å².